The highest BCUT2D eigenvalue weighted by Crippen LogP contribution is 2.19. The Morgan fingerprint density at radius 2 is 1.58 bits per heavy atom. The van der Waals surface area contributed by atoms with Crippen LogP contribution in [0.3, 0.4) is 0 Å². The van der Waals surface area contributed by atoms with Crippen molar-refractivity contribution >= 4 is 0 Å². The molecule has 1 atom stereocenters. The van der Waals surface area contributed by atoms with E-state index in [-0.39, 0.29) is 6.10 Å². The number of rotatable bonds is 6. The number of benzene rings is 2. The van der Waals surface area contributed by atoms with Crippen LogP contribution in [0.4, 0.5) is 0 Å². The quantitative estimate of drug-likeness (QED) is 0.814. The van der Waals surface area contributed by atoms with Crippen LogP contribution in [-0.2, 0) is 12.8 Å². The lowest BCUT2D eigenvalue weighted by atomic mass is 9.99. The molecule has 1 N–H and O–H groups in total. The highest BCUT2D eigenvalue weighted by molar-refractivity contribution is 5.24. The molecule has 1 heteroatoms. The molecule has 1 unspecified atom stereocenters. The molecule has 100 valence electrons. The van der Waals surface area contributed by atoms with Crippen molar-refractivity contribution in [2.45, 2.75) is 38.7 Å². The van der Waals surface area contributed by atoms with E-state index in [4.69, 9.17) is 0 Å². The van der Waals surface area contributed by atoms with Gasteiger partial charge in [0.25, 0.3) is 0 Å². The molecule has 0 aliphatic carbocycles. The van der Waals surface area contributed by atoms with Crippen LogP contribution in [0.1, 0.15) is 42.6 Å². The summed E-state index contributed by atoms with van der Waals surface area (Å²) in [7, 11) is 0. The van der Waals surface area contributed by atoms with E-state index < -0.39 is 0 Å². The Morgan fingerprint density at radius 3 is 2.26 bits per heavy atom. The molecule has 0 amide bonds. The van der Waals surface area contributed by atoms with Crippen LogP contribution in [-0.4, -0.2) is 5.11 Å². The lowest BCUT2D eigenvalue weighted by Gasteiger charge is -2.11. The SMILES string of the molecule is CCCc1cccc(CCC(O)c2ccccc2)c1. The fraction of sp³-hybridized carbons (Fsp3) is 0.333. The molecule has 0 aromatic heterocycles. The Morgan fingerprint density at radius 1 is 0.895 bits per heavy atom. The first-order valence-electron chi connectivity index (χ1n) is 7.10. The zero-order chi connectivity index (χ0) is 13.5. The molecule has 0 spiro atoms. The van der Waals surface area contributed by atoms with Crippen molar-refractivity contribution in [3.8, 4) is 0 Å². The topological polar surface area (TPSA) is 20.2 Å². The number of hydrogen-bond acceptors (Lipinski definition) is 1. The van der Waals surface area contributed by atoms with E-state index in [0.29, 0.717) is 0 Å². The lowest BCUT2D eigenvalue weighted by molar-refractivity contribution is 0.168. The molecule has 19 heavy (non-hydrogen) atoms. The molecule has 0 saturated heterocycles. The lowest BCUT2D eigenvalue weighted by Crippen LogP contribution is -1.99. The molecule has 0 aliphatic rings. The van der Waals surface area contributed by atoms with Crippen molar-refractivity contribution in [1.29, 1.82) is 0 Å². The van der Waals surface area contributed by atoms with Gasteiger partial charge in [-0.15, -0.1) is 0 Å². The van der Waals surface area contributed by atoms with Crippen LogP contribution in [0.5, 0.6) is 0 Å². The average Bonchev–Trinajstić information content (AvgIpc) is 2.46. The molecule has 2 aromatic carbocycles. The predicted octanol–water partition coefficient (Wildman–Crippen LogP) is 4.31. The smallest absolute Gasteiger partial charge is 0.0793 e. The average molecular weight is 254 g/mol. The Kier molecular flexibility index (Phi) is 5.17. The monoisotopic (exact) mass is 254 g/mol. The molecule has 2 rings (SSSR count). The van der Waals surface area contributed by atoms with Gasteiger partial charge in [-0.3, -0.25) is 0 Å². The molecule has 0 bridgehead atoms. The predicted molar refractivity (Wildman–Crippen MR) is 80.2 cm³/mol. The van der Waals surface area contributed by atoms with Gasteiger partial charge < -0.3 is 5.11 Å². The third-order valence-electron chi connectivity index (χ3n) is 3.42. The van der Waals surface area contributed by atoms with Crippen LogP contribution < -0.4 is 0 Å². The fourth-order valence-electron chi connectivity index (χ4n) is 2.37. The van der Waals surface area contributed by atoms with Gasteiger partial charge in [0.2, 0.25) is 0 Å². The standard InChI is InChI=1S/C18H22O/c1-2-7-15-8-6-9-16(14-15)12-13-18(19)17-10-4-3-5-11-17/h3-6,8-11,14,18-19H,2,7,12-13H2,1H3. The van der Waals surface area contributed by atoms with E-state index in [2.05, 4.69) is 31.2 Å². The third-order valence-corrected chi connectivity index (χ3v) is 3.42. The molecular weight excluding hydrogens is 232 g/mol. The minimum atomic E-state index is -0.365. The third kappa shape index (κ3) is 4.22. The Labute approximate surface area is 115 Å². The van der Waals surface area contributed by atoms with Crippen LogP contribution >= 0.6 is 0 Å². The normalized spacial score (nSPS) is 12.3. The van der Waals surface area contributed by atoms with Gasteiger partial charge in [-0.2, -0.15) is 0 Å². The summed E-state index contributed by atoms with van der Waals surface area (Å²) < 4.78 is 0. The first-order chi connectivity index (χ1) is 9.29. The molecule has 0 heterocycles. The summed E-state index contributed by atoms with van der Waals surface area (Å²) in [5, 5.41) is 10.2. The minimum absolute atomic E-state index is 0.365. The molecule has 0 radical (unpaired) electrons. The summed E-state index contributed by atoms with van der Waals surface area (Å²) in [4.78, 5) is 0. The second kappa shape index (κ2) is 7.10. The van der Waals surface area contributed by atoms with Crippen molar-refractivity contribution < 1.29 is 5.11 Å². The molecule has 0 saturated carbocycles. The van der Waals surface area contributed by atoms with Gasteiger partial charge in [-0.25, -0.2) is 0 Å². The van der Waals surface area contributed by atoms with Gasteiger partial charge in [0.15, 0.2) is 0 Å². The van der Waals surface area contributed by atoms with E-state index >= 15 is 0 Å². The molecule has 0 aliphatic heterocycles. The van der Waals surface area contributed by atoms with Gasteiger partial charge >= 0.3 is 0 Å². The highest BCUT2D eigenvalue weighted by atomic mass is 16.3. The Balaban J connectivity index is 1.93. The van der Waals surface area contributed by atoms with Crippen molar-refractivity contribution in [1.82, 2.24) is 0 Å². The fourth-order valence-corrected chi connectivity index (χ4v) is 2.37. The maximum absolute atomic E-state index is 10.2. The zero-order valence-corrected chi connectivity index (χ0v) is 11.5. The van der Waals surface area contributed by atoms with Gasteiger partial charge in [0.05, 0.1) is 6.10 Å². The second-order valence-electron chi connectivity index (χ2n) is 5.04. The number of aliphatic hydroxyl groups excluding tert-OH is 1. The van der Waals surface area contributed by atoms with E-state index in [1.54, 1.807) is 0 Å². The van der Waals surface area contributed by atoms with Crippen LogP contribution in [0.25, 0.3) is 0 Å². The highest BCUT2D eigenvalue weighted by Gasteiger charge is 2.07. The van der Waals surface area contributed by atoms with Gasteiger partial charge in [0.1, 0.15) is 0 Å². The van der Waals surface area contributed by atoms with Gasteiger partial charge in [-0.05, 0) is 36.0 Å². The number of hydrogen-bond donors (Lipinski definition) is 1. The van der Waals surface area contributed by atoms with Crippen molar-refractivity contribution in [3.05, 3.63) is 71.3 Å². The van der Waals surface area contributed by atoms with Crippen molar-refractivity contribution in [2.24, 2.45) is 0 Å². The van der Waals surface area contributed by atoms with E-state index in [1.807, 2.05) is 30.3 Å². The zero-order valence-electron chi connectivity index (χ0n) is 11.5. The molecule has 0 fully saturated rings. The van der Waals surface area contributed by atoms with Crippen LogP contribution in [0.15, 0.2) is 54.6 Å². The largest absolute Gasteiger partial charge is 0.388 e. The molecule has 1 nitrogen and oxygen atoms in total. The Bertz CT molecular complexity index is 490. The van der Waals surface area contributed by atoms with E-state index in [9.17, 15) is 5.11 Å². The summed E-state index contributed by atoms with van der Waals surface area (Å²) >= 11 is 0. The summed E-state index contributed by atoms with van der Waals surface area (Å²) in [5.41, 5.74) is 3.72. The summed E-state index contributed by atoms with van der Waals surface area (Å²) in [6, 6.07) is 18.6. The first kappa shape index (κ1) is 13.8. The summed E-state index contributed by atoms with van der Waals surface area (Å²) in [6.45, 7) is 2.20. The maximum Gasteiger partial charge on any atom is 0.0793 e. The maximum atomic E-state index is 10.2. The second-order valence-corrected chi connectivity index (χ2v) is 5.04. The van der Waals surface area contributed by atoms with E-state index in [1.165, 1.54) is 17.5 Å². The van der Waals surface area contributed by atoms with Gasteiger partial charge in [0, 0.05) is 0 Å². The Hall–Kier alpha value is -1.60. The number of aliphatic hydroxyl groups is 1. The molecular formula is C18H22O. The van der Waals surface area contributed by atoms with Crippen molar-refractivity contribution in [3.63, 3.8) is 0 Å². The van der Waals surface area contributed by atoms with Crippen LogP contribution in [0, 0.1) is 0 Å². The van der Waals surface area contributed by atoms with Gasteiger partial charge in [-0.1, -0.05) is 67.9 Å². The number of aryl methyl sites for hydroxylation is 2. The summed E-state index contributed by atoms with van der Waals surface area (Å²) in [5.74, 6) is 0. The van der Waals surface area contributed by atoms with Crippen molar-refractivity contribution in [2.75, 3.05) is 0 Å². The van der Waals surface area contributed by atoms with E-state index in [0.717, 1.165) is 24.8 Å². The summed E-state index contributed by atoms with van der Waals surface area (Å²) in [6.07, 6.45) is 3.65. The minimum Gasteiger partial charge on any atom is -0.388 e. The van der Waals surface area contributed by atoms with Crippen LogP contribution in [0.2, 0.25) is 0 Å². The molecule has 2 aromatic rings. The first-order valence-corrected chi connectivity index (χ1v) is 7.10.